The van der Waals surface area contributed by atoms with E-state index in [1.165, 1.54) is 0 Å². The molecule has 1 fully saturated rings. The highest BCUT2D eigenvalue weighted by Gasteiger charge is 2.26. The second-order valence-electron chi connectivity index (χ2n) is 3.78. The fourth-order valence-corrected chi connectivity index (χ4v) is 1.79. The number of nitrogens with zero attached hydrogens (tertiary/aromatic N) is 1. The summed E-state index contributed by atoms with van der Waals surface area (Å²) in [5.41, 5.74) is 6.72. The number of para-hydroxylation sites is 1. The van der Waals surface area contributed by atoms with Crippen LogP contribution in [-0.4, -0.2) is 35.1 Å². The number of β-amino-alcohol motifs (C(OH)–C–C–N with tert-alkyl or cyclic N) is 1. The highest BCUT2D eigenvalue weighted by atomic mass is 16.3. The van der Waals surface area contributed by atoms with Crippen LogP contribution >= 0.6 is 0 Å². The molecule has 0 bridgehead atoms. The first kappa shape index (κ1) is 9.98. The Morgan fingerprint density at radius 3 is 2.80 bits per heavy atom. The number of rotatable bonds is 1. The van der Waals surface area contributed by atoms with E-state index in [1.807, 2.05) is 0 Å². The van der Waals surface area contributed by atoms with Crippen molar-refractivity contribution in [2.75, 3.05) is 18.8 Å². The molecule has 0 unspecified atom stereocenters. The van der Waals surface area contributed by atoms with E-state index < -0.39 is 0 Å². The number of benzene rings is 1. The molecule has 0 spiro atoms. The van der Waals surface area contributed by atoms with Crippen LogP contribution < -0.4 is 5.73 Å². The third kappa shape index (κ3) is 1.94. The summed E-state index contributed by atoms with van der Waals surface area (Å²) in [5.74, 6) is -0.0929. The van der Waals surface area contributed by atoms with Crippen molar-refractivity contribution in [3.63, 3.8) is 0 Å². The Balaban J connectivity index is 2.18. The van der Waals surface area contributed by atoms with Crippen LogP contribution in [0.4, 0.5) is 5.69 Å². The van der Waals surface area contributed by atoms with Crippen LogP contribution in [0.15, 0.2) is 24.3 Å². The van der Waals surface area contributed by atoms with Crippen molar-refractivity contribution in [2.45, 2.75) is 12.5 Å². The third-order valence-electron chi connectivity index (χ3n) is 2.64. The maximum atomic E-state index is 11.9. The van der Waals surface area contributed by atoms with Crippen molar-refractivity contribution >= 4 is 11.6 Å². The van der Waals surface area contributed by atoms with Crippen LogP contribution in [0, 0.1) is 0 Å². The quantitative estimate of drug-likeness (QED) is 0.657. The molecule has 4 heteroatoms. The van der Waals surface area contributed by atoms with E-state index >= 15 is 0 Å². The van der Waals surface area contributed by atoms with E-state index in [2.05, 4.69) is 0 Å². The lowest BCUT2D eigenvalue weighted by Crippen LogP contribution is -2.30. The number of hydrogen-bond donors (Lipinski definition) is 2. The molecule has 1 heterocycles. The van der Waals surface area contributed by atoms with Gasteiger partial charge >= 0.3 is 0 Å². The molecule has 2 rings (SSSR count). The summed E-state index contributed by atoms with van der Waals surface area (Å²) >= 11 is 0. The summed E-state index contributed by atoms with van der Waals surface area (Å²) in [4.78, 5) is 13.6. The van der Waals surface area contributed by atoms with Gasteiger partial charge in [-0.1, -0.05) is 12.1 Å². The molecule has 1 aliphatic heterocycles. The normalized spacial score (nSPS) is 20.6. The molecule has 15 heavy (non-hydrogen) atoms. The highest BCUT2D eigenvalue weighted by Crippen LogP contribution is 2.17. The van der Waals surface area contributed by atoms with Crippen molar-refractivity contribution in [3.05, 3.63) is 29.8 Å². The van der Waals surface area contributed by atoms with Gasteiger partial charge in [0, 0.05) is 18.8 Å². The maximum absolute atomic E-state index is 11.9. The number of aliphatic hydroxyl groups excluding tert-OH is 1. The van der Waals surface area contributed by atoms with E-state index in [9.17, 15) is 9.90 Å². The van der Waals surface area contributed by atoms with Crippen LogP contribution in [-0.2, 0) is 0 Å². The van der Waals surface area contributed by atoms with Gasteiger partial charge < -0.3 is 15.7 Å². The third-order valence-corrected chi connectivity index (χ3v) is 2.64. The number of anilines is 1. The molecule has 0 aliphatic carbocycles. The number of carbonyl (C=O) groups is 1. The maximum Gasteiger partial charge on any atom is 0.256 e. The number of amides is 1. The average Bonchev–Trinajstić information content (AvgIpc) is 2.65. The zero-order valence-electron chi connectivity index (χ0n) is 8.39. The number of aliphatic hydroxyl groups is 1. The molecule has 1 aromatic rings. The van der Waals surface area contributed by atoms with Gasteiger partial charge in [0.05, 0.1) is 11.7 Å². The number of nitrogen functional groups attached to an aromatic ring is 1. The fourth-order valence-electron chi connectivity index (χ4n) is 1.79. The standard InChI is InChI=1S/C11H14N2O2/c12-10-4-2-1-3-9(10)11(15)13-6-5-8(14)7-13/h1-4,8,14H,5-7,12H2/t8-/m0/s1. The predicted octanol–water partition coefficient (Wildman–Crippen LogP) is 0.476. The summed E-state index contributed by atoms with van der Waals surface area (Å²) in [7, 11) is 0. The van der Waals surface area contributed by atoms with Crippen molar-refractivity contribution in [1.29, 1.82) is 0 Å². The molecule has 0 radical (unpaired) electrons. The van der Waals surface area contributed by atoms with E-state index in [-0.39, 0.29) is 12.0 Å². The van der Waals surface area contributed by atoms with Gasteiger partial charge in [0.1, 0.15) is 0 Å². The van der Waals surface area contributed by atoms with Crippen LogP contribution in [0.1, 0.15) is 16.8 Å². The van der Waals surface area contributed by atoms with Crippen LogP contribution in [0.3, 0.4) is 0 Å². The van der Waals surface area contributed by atoms with Gasteiger partial charge in [0.25, 0.3) is 5.91 Å². The minimum absolute atomic E-state index is 0.0929. The predicted molar refractivity (Wildman–Crippen MR) is 57.4 cm³/mol. The van der Waals surface area contributed by atoms with Crippen LogP contribution in [0.25, 0.3) is 0 Å². The Morgan fingerprint density at radius 1 is 1.47 bits per heavy atom. The van der Waals surface area contributed by atoms with Gasteiger partial charge in [-0.05, 0) is 18.6 Å². The molecular weight excluding hydrogens is 192 g/mol. The number of likely N-dealkylation sites (tertiary alicyclic amines) is 1. The van der Waals surface area contributed by atoms with Gasteiger partial charge in [0.2, 0.25) is 0 Å². The van der Waals surface area contributed by atoms with Gasteiger partial charge in [0.15, 0.2) is 0 Å². The first-order chi connectivity index (χ1) is 7.18. The van der Waals surface area contributed by atoms with Gasteiger partial charge in [-0.25, -0.2) is 0 Å². The second-order valence-corrected chi connectivity index (χ2v) is 3.78. The van der Waals surface area contributed by atoms with Crippen molar-refractivity contribution in [2.24, 2.45) is 0 Å². The molecule has 1 aromatic carbocycles. The van der Waals surface area contributed by atoms with Gasteiger partial charge in [-0.3, -0.25) is 4.79 Å². The Labute approximate surface area is 88.3 Å². The lowest BCUT2D eigenvalue weighted by atomic mass is 10.1. The Morgan fingerprint density at radius 2 is 2.20 bits per heavy atom. The zero-order chi connectivity index (χ0) is 10.8. The van der Waals surface area contributed by atoms with E-state index in [0.717, 1.165) is 0 Å². The molecule has 1 aliphatic rings. The van der Waals surface area contributed by atoms with Crippen molar-refractivity contribution < 1.29 is 9.90 Å². The average molecular weight is 206 g/mol. The lowest BCUT2D eigenvalue weighted by molar-refractivity contribution is 0.0766. The number of hydrogen-bond acceptors (Lipinski definition) is 3. The molecule has 1 atom stereocenters. The largest absolute Gasteiger partial charge is 0.398 e. The second kappa shape index (κ2) is 3.90. The Kier molecular flexibility index (Phi) is 2.60. The van der Waals surface area contributed by atoms with Gasteiger partial charge in [-0.15, -0.1) is 0 Å². The highest BCUT2D eigenvalue weighted by molar-refractivity contribution is 5.99. The van der Waals surface area contributed by atoms with E-state index in [4.69, 9.17) is 5.73 Å². The van der Waals surface area contributed by atoms with Gasteiger partial charge in [-0.2, -0.15) is 0 Å². The molecule has 0 saturated carbocycles. The first-order valence-corrected chi connectivity index (χ1v) is 5.00. The van der Waals surface area contributed by atoms with E-state index in [1.54, 1.807) is 29.2 Å². The summed E-state index contributed by atoms with van der Waals surface area (Å²) < 4.78 is 0. The molecule has 80 valence electrons. The van der Waals surface area contributed by atoms with E-state index in [0.29, 0.717) is 30.8 Å². The summed E-state index contributed by atoms with van der Waals surface area (Å²) in [6.07, 6.45) is 0.261. The molecule has 1 saturated heterocycles. The fraction of sp³-hybridized carbons (Fsp3) is 0.364. The zero-order valence-corrected chi connectivity index (χ0v) is 8.39. The topological polar surface area (TPSA) is 66.6 Å². The van der Waals surface area contributed by atoms with Crippen molar-refractivity contribution in [3.8, 4) is 0 Å². The monoisotopic (exact) mass is 206 g/mol. The molecule has 0 aromatic heterocycles. The van der Waals surface area contributed by atoms with Crippen molar-refractivity contribution in [1.82, 2.24) is 4.90 Å². The number of carbonyl (C=O) groups excluding carboxylic acids is 1. The molecule has 3 N–H and O–H groups in total. The summed E-state index contributed by atoms with van der Waals surface area (Å²) in [6, 6.07) is 7.00. The van der Waals surface area contributed by atoms with Crippen LogP contribution in [0.5, 0.6) is 0 Å². The minimum atomic E-state index is -0.390. The minimum Gasteiger partial charge on any atom is -0.398 e. The molecule has 4 nitrogen and oxygen atoms in total. The SMILES string of the molecule is Nc1ccccc1C(=O)N1CC[C@H](O)C1. The Hall–Kier alpha value is -1.55. The Bertz CT molecular complexity index is 379. The number of nitrogens with two attached hydrogens (primary N) is 1. The molecular formula is C11H14N2O2. The lowest BCUT2D eigenvalue weighted by Gasteiger charge is -2.16. The summed E-state index contributed by atoms with van der Waals surface area (Å²) in [6.45, 7) is 1.02. The van der Waals surface area contributed by atoms with Crippen LogP contribution in [0.2, 0.25) is 0 Å². The smallest absolute Gasteiger partial charge is 0.256 e. The summed E-state index contributed by atoms with van der Waals surface area (Å²) in [5, 5.41) is 9.34. The first-order valence-electron chi connectivity index (χ1n) is 5.00. The molecule has 1 amide bonds.